The Morgan fingerprint density at radius 1 is 1.41 bits per heavy atom. The number of ether oxygens (including phenoxy) is 1. The second-order valence-electron chi connectivity index (χ2n) is 4.43. The van der Waals surface area contributed by atoms with Gasteiger partial charge in [-0.1, -0.05) is 0 Å². The molecule has 2 aliphatic heterocycles. The number of hydrogen-bond donors (Lipinski definition) is 0. The van der Waals surface area contributed by atoms with Gasteiger partial charge in [-0.2, -0.15) is 0 Å². The van der Waals surface area contributed by atoms with Gasteiger partial charge in [0, 0.05) is 12.1 Å². The number of Topliss-reactive ketones (excluding diaryl/α,β-unsaturated/α-hetero) is 1. The molecule has 0 saturated carbocycles. The van der Waals surface area contributed by atoms with Crippen LogP contribution >= 0.6 is 0 Å². The molecule has 0 atom stereocenters. The van der Waals surface area contributed by atoms with Gasteiger partial charge in [-0.05, 0) is 37.5 Å². The van der Waals surface area contributed by atoms with Gasteiger partial charge in [0.2, 0.25) is 0 Å². The molecule has 2 aliphatic rings. The highest BCUT2D eigenvalue weighted by molar-refractivity contribution is 6.03. The summed E-state index contributed by atoms with van der Waals surface area (Å²) in [7, 11) is 0. The number of benzene rings is 1. The van der Waals surface area contributed by atoms with Gasteiger partial charge in [0.25, 0.3) is 5.91 Å². The van der Waals surface area contributed by atoms with Crippen molar-refractivity contribution in [2.75, 3.05) is 18.1 Å². The summed E-state index contributed by atoms with van der Waals surface area (Å²) in [4.78, 5) is 25.1. The molecule has 4 heteroatoms. The highest BCUT2D eigenvalue weighted by Crippen LogP contribution is 2.40. The Morgan fingerprint density at radius 3 is 3.00 bits per heavy atom. The van der Waals surface area contributed by atoms with Gasteiger partial charge in [0.05, 0.1) is 5.69 Å². The molecule has 4 nitrogen and oxygen atoms in total. The Kier molecular flexibility index (Phi) is 2.18. The summed E-state index contributed by atoms with van der Waals surface area (Å²) in [5.41, 5.74) is 2.50. The van der Waals surface area contributed by atoms with E-state index in [4.69, 9.17) is 4.74 Å². The second-order valence-corrected chi connectivity index (χ2v) is 4.43. The smallest absolute Gasteiger partial charge is 0.265 e. The van der Waals surface area contributed by atoms with E-state index < -0.39 is 0 Å². The lowest BCUT2D eigenvalue weighted by molar-refractivity contribution is -0.121. The van der Waals surface area contributed by atoms with Crippen LogP contribution in [-0.4, -0.2) is 24.8 Å². The molecule has 1 amide bonds. The highest BCUT2D eigenvalue weighted by Gasteiger charge is 2.32. The predicted molar refractivity (Wildman–Crippen MR) is 62.6 cm³/mol. The summed E-state index contributed by atoms with van der Waals surface area (Å²) in [5, 5.41) is 0. The lowest BCUT2D eigenvalue weighted by atomic mass is 9.93. The van der Waals surface area contributed by atoms with Crippen molar-refractivity contribution in [1.82, 2.24) is 0 Å². The van der Waals surface area contributed by atoms with E-state index in [1.165, 1.54) is 0 Å². The van der Waals surface area contributed by atoms with E-state index in [-0.39, 0.29) is 18.3 Å². The van der Waals surface area contributed by atoms with Crippen molar-refractivity contribution in [1.29, 1.82) is 0 Å². The van der Waals surface area contributed by atoms with Crippen LogP contribution in [-0.2, 0) is 11.2 Å². The van der Waals surface area contributed by atoms with Crippen molar-refractivity contribution in [3.8, 4) is 5.75 Å². The molecule has 1 aromatic carbocycles. The van der Waals surface area contributed by atoms with Gasteiger partial charge >= 0.3 is 0 Å². The molecule has 0 unspecified atom stereocenters. The zero-order chi connectivity index (χ0) is 12.0. The fourth-order valence-electron chi connectivity index (χ4n) is 2.60. The first kappa shape index (κ1) is 10.3. The van der Waals surface area contributed by atoms with Crippen LogP contribution in [0.2, 0.25) is 0 Å². The summed E-state index contributed by atoms with van der Waals surface area (Å²) in [6, 6.07) is 3.59. The molecular formula is C13H13NO3. The van der Waals surface area contributed by atoms with Gasteiger partial charge in [-0.15, -0.1) is 0 Å². The minimum Gasteiger partial charge on any atom is -0.482 e. The molecule has 0 radical (unpaired) electrons. The van der Waals surface area contributed by atoms with E-state index in [0.29, 0.717) is 5.56 Å². The average Bonchev–Trinajstić information content (AvgIpc) is 2.33. The molecule has 0 fully saturated rings. The van der Waals surface area contributed by atoms with Crippen LogP contribution in [0, 0.1) is 0 Å². The molecule has 0 aromatic heterocycles. The van der Waals surface area contributed by atoms with Crippen LogP contribution in [0.3, 0.4) is 0 Å². The second kappa shape index (κ2) is 3.58. The highest BCUT2D eigenvalue weighted by atomic mass is 16.5. The number of amides is 1. The van der Waals surface area contributed by atoms with E-state index in [1.54, 1.807) is 24.0 Å². The number of anilines is 1. The van der Waals surface area contributed by atoms with Crippen molar-refractivity contribution < 1.29 is 14.3 Å². The minimum absolute atomic E-state index is 0.0147. The SMILES string of the molecule is CC(=O)c1ccc2c3c1CCCN3C(=O)CO2. The first-order valence-electron chi connectivity index (χ1n) is 5.78. The first-order valence-corrected chi connectivity index (χ1v) is 5.78. The van der Waals surface area contributed by atoms with Crippen LogP contribution in [0.5, 0.6) is 5.75 Å². The largest absolute Gasteiger partial charge is 0.482 e. The number of nitrogens with zero attached hydrogens (tertiary/aromatic N) is 1. The van der Waals surface area contributed by atoms with E-state index in [9.17, 15) is 9.59 Å². The minimum atomic E-state index is -0.0147. The maximum Gasteiger partial charge on any atom is 0.265 e. The van der Waals surface area contributed by atoms with Crippen molar-refractivity contribution in [2.45, 2.75) is 19.8 Å². The third-order valence-corrected chi connectivity index (χ3v) is 3.36. The number of carbonyl (C=O) groups is 2. The van der Waals surface area contributed by atoms with Gasteiger partial charge < -0.3 is 9.64 Å². The third kappa shape index (κ3) is 1.44. The molecule has 0 aliphatic carbocycles. The summed E-state index contributed by atoms with van der Waals surface area (Å²) in [5.74, 6) is 0.756. The van der Waals surface area contributed by atoms with Gasteiger partial charge in [0.1, 0.15) is 5.75 Å². The Labute approximate surface area is 99.2 Å². The fraction of sp³-hybridized carbons (Fsp3) is 0.385. The Morgan fingerprint density at radius 2 is 2.24 bits per heavy atom. The van der Waals surface area contributed by atoms with Crippen LogP contribution in [0.25, 0.3) is 0 Å². The van der Waals surface area contributed by atoms with Crippen molar-refractivity contribution in [2.24, 2.45) is 0 Å². The lowest BCUT2D eigenvalue weighted by Crippen LogP contribution is -2.42. The monoisotopic (exact) mass is 231 g/mol. The lowest BCUT2D eigenvalue weighted by Gasteiger charge is -2.35. The number of hydrogen-bond acceptors (Lipinski definition) is 3. The number of rotatable bonds is 1. The Bertz CT molecular complexity index is 522. The maximum atomic E-state index is 11.8. The van der Waals surface area contributed by atoms with Crippen molar-refractivity contribution >= 4 is 17.4 Å². The summed E-state index contributed by atoms with van der Waals surface area (Å²) in [6.45, 7) is 2.39. The molecule has 0 spiro atoms. The summed E-state index contributed by atoms with van der Waals surface area (Å²) >= 11 is 0. The van der Waals surface area contributed by atoms with Crippen molar-refractivity contribution in [3.05, 3.63) is 23.3 Å². The molecular weight excluding hydrogens is 218 g/mol. The molecule has 0 N–H and O–H groups in total. The van der Waals surface area contributed by atoms with Crippen LogP contribution < -0.4 is 9.64 Å². The maximum absolute atomic E-state index is 11.8. The molecule has 88 valence electrons. The predicted octanol–water partition coefficient (Wildman–Crippen LogP) is 1.56. The zero-order valence-electron chi connectivity index (χ0n) is 9.66. The fourth-order valence-corrected chi connectivity index (χ4v) is 2.60. The molecule has 17 heavy (non-hydrogen) atoms. The van der Waals surface area contributed by atoms with E-state index in [0.717, 1.165) is 36.4 Å². The van der Waals surface area contributed by atoms with Crippen LogP contribution in [0.4, 0.5) is 5.69 Å². The van der Waals surface area contributed by atoms with Crippen LogP contribution in [0.1, 0.15) is 29.3 Å². The topological polar surface area (TPSA) is 46.6 Å². The van der Waals surface area contributed by atoms with E-state index in [1.807, 2.05) is 0 Å². The quantitative estimate of drug-likeness (QED) is 0.689. The Hall–Kier alpha value is -1.84. The number of ketones is 1. The molecule has 0 bridgehead atoms. The summed E-state index contributed by atoms with van der Waals surface area (Å²) < 4.78 is 5.41. The molecule has 0 saturated heterocycles. The normalized spacial score (nSPS) is 17.5. The molecule has 2 heterocycles. The van der Waals surface area contributed by atoms with E-state index in [2.05, 4.69) is 0 Å². The third-order valence-electron chi connectivity index (χ3n) is 3.36. The van der Waals surface area contributed by atoms with Crippen LogP contribution in [0.15, 0.2) is 12.1 Å². The molecule has 3 rings (SSSR count). The summed E-state index contributed by atoms with van der Waals surface area (Å²) in [6.07, 6.45) is 1.74. The number of carbonyl (C=O) groups excluding carboxylic acids is 2. The van der Waals surface area contributed by atoms with Gasteiger partial charge in [-0.3, -0.25) is 9.59 Å². The van der Waals surface area contributed by atoms with Gasteiger partial charge in [-0.25, -0.2) is 0 Å². The zero-order valence-corrected chi connectivity index (χ0v) is 9.66. The van der Waals surface area contributed by atoms with Crippen molar-refractivity contribution in [3.63, 3.8) is 0 Å². The van der Waals surface area contributed by atoms with Gasteiger partial charge in [0.15, 0.2) is 12.4 Å². The first-order chi connectivity index (χ1) is 8.18. The standard InChI is InChI=1S/C13H13NO3/c1-8(15)9-4-5-11-13-10(9)3-2-6-14(13)12(16)7-17-11/h4-5H,2-3,6-7H2,1H3. The average molecular weight is 231 g/mol. The Balaban J connectivity index is 2.24. The van der Waals surface area contributed by atoms with E-state index >= 15 is 0 Å². The molecule has 1 aromatic rings.